The second-order valence-corrected chi connectivity index (χ2v) is 13.8. The first-order valence-electron chi connectivity index (χ1n) is 12.1. The van der Waals surface area contributed by atoms with Gasteiger partial charge < -0.3 is 4.57 Å². The third-order valence-electron chi connectivity index (χ3n) is 6.65. The van der Waals surface area contributed by atoms with Gasteiger partial charge in [-0.3, -0.25) is 0 Å². The standard InChI is InChI=1S/C32H32BrNS/c1-31(2,3)22-18-23(32(4,5)6)20-24(19-22)34-26-15-11-10-14-25(26)29(27-16-17-28(33)35-27)30(34)21-12-8-7-9-13-21/h7-20H,1-6H3. The number of fused-ring (bicyclic) bond motifs is 1. The van der Waals surface area contributed by atoms with E-state index in [-0.39, 0.29) is 10.8 Å². The van der Waals surface area contributed by atoms with Gasteiger partial charge in [0.25, 0.3) is 0 Å². The van der Waals surface area contributed by atoms with E-state index in [4.69, 9.17) is 0 Å². The van der Waals surface area contributed by atoms with Gasteiger partial charge in [0.05, 0.1) is 15.0 Å². The number of hydrogen-bond acceptors (Lipinski definition) is 1. The molecule has 5 aromatic rings. The van der Waals surface area contributed by atoms with Crippen LogP contribution in [0.2, 0.25) is 0 Å². The maximum Gasteiger partial charge on any atom is 0.0705 e. The monoisotopic (exact) mass is 541 g/mol. The highest BCUT2D eigenvalue weighted by Crippen LogP contribution is 2.46. The van der Waals surface area contributed by atoms with Gasteiger partial charge in [0.2, 0.25) is 0 Å². The van der Waals surface area contributed by atoms with Gasteiger partial charge >= 0.3 is 0 Å². The van der Waals surface area contributed by atoms with Crippen molar-refractivity contribution in [3.63, 3.8) is 0 Å². The fraction of sp³-hybridized carbons (Fsp3) is 0.250. The lowest BCUT2D eigenvalue weighted by Gasteiger charge is -2.27. The van der Waals surface area contributed by atoms with E-state index in [0.29, 0.717) is 0 Å². The van der Waals surface area contributed by atoms with E-state index in [0.717, 1.165) is 3.79 Å². The Morgan fingerprint density at radius 2 is 1.29 bits per heavy atom. The Balaban J connectivity index is 1.95. The molecular weight excluding hydrogens is 510 g/mol. The van der Waals surface area contributed by atoms with Gasteiger partial charge in [-0.25, -0.2) is 0 Å². The van der Waals surface area contributed by atoms with Gasteiger partial charge in [0.1, 0.15) is 0 Å². The summed E-state index contributed by atoms with van der Waals surface area (Å²) in [6, 6.07) is 31.2. The highest BCUT2D eigenvalue weighted by molar-refractivity contribution is 9.11. The third kappa shape index (κ3) is 4.52. The van der Waals surface area contributed by atoms with Gasteiger partial charge in [0.15, 0.2) is 0 Å². The van der Waals surface area contributed by atoms with Crippen LogP contribution in [0.5, 0.6) is 0 Å². The van der Waals surface area contributed by atoms with Gasteiger partial charge in [-0.2, -0.15) is 0 Å². The second-order valence-electron chi connectivity index (χ2n) is 11.3. The SMILES string of the molecule is CC(C)(C)c1cc(-n2c(-c3ccccc3)c(-c3ccc(Br)s3)c3ccccc32)cc(C(C)(C)C)c1. The highest BCUT2D eigenvalue weighted by atomic mass is 79.9. The molecule has 1 nitrogen and oxygen atoms in total. The van der Waals surface area contributed by atoms with E-state index in [9.17, 15) is 0 Å². The summed E-state index contributed by atoms with van der Waals surface area (Å²) < 4.78 is 3.63. The molecule has 0 amide bonds. The lowest BCUT2D eigenvalue weighted by atomic mass is 9.80. The molecule has 0 N–H and O–H groups in total. The quantitative estimate of drug-likeness (QED) is 0.214. The van der Waals surface area contributed by atoms with Crippen molar-refractivity contribution in [2.24, 2.45) is 0 Å². The Labute approximate surface area is 221 Å². The molecule has 0 saturated heterocycles. The molecule has 0 aliphatic carbocycles. The normalized spacial score (nSPS) is 12.4. The minimum atomic E-state index is 0.0489. The first kappa shape index (κ1) is 24.1. The maximum absolute atomic E-state index is 3.70. The fourth-order valence-electron chi connectivity index (χ4n) is 4.68. The van der Waals surface area contributed by atoms with Crippen LogP contribution >= 0.6 is 27.3 Å². The molecule has 0 unspecified atom stereocenters. The molecule has 2 heterocycles. The minimum absolute atomic E-state index is 0.0489. The molecule has 0 aliphatic heterocycles. The van der Waals surface area contributed by atoms with Crippen molar-refractivity contribution < 1.29 is 0 Å². The Bertz CT molecular complexity index is 1480. The molecule has 0 radical (unpaired) electrons. The average molecular weight is 543 g/mol. The minimum Gasteiger partial charge on any atom is -0.309 e. The van der Waals surface area contributed by atoms with Crippen LogP contribution in [-0.4, -0.2) is 4.57 Å². The molecule has 0 bridgehead atoms. The number of thiophene rings is 1. The number of rotatable bonds is 3. The van der Waals surface area contributed by atoms with E-state index in [1.54, 1.807) is 11.3 Å². The number of aromatic nitrogens is 1. The van der Waals surface area contributed by atoms with Gasteiger partial charge in [-0.1, -0.05) is 96.1 Å². The summed E-state index contributed by atoms with van der Waals surface area (Å²) in [6.45, 7) is 13.8. The molecule has 5 rings (SSSR count). The van der Waals surface area contributed by atoms with Gasteiger partial charge in [0, 0.05) is 21.5 Å². The molecule has 0 spiro atoms. The van der Waals surface area contributed by atoms with Crippen molar-refractivity contribution in [1.29, 1.82) is 0 Å². The Morgan fingerprint density at radius 3 is 1.86 bits per heavy atom. The predicted molar refractivity (Wildman–Crippen MR) is 157 cm³/mol. The predicted octanol–water partition coefficient (Wildman–Crippen LogP) is 10.4. The lowest BCUT2D eigenvalue weighted by molar-refractivity contribution is 0.568. The molecule has 178 valence electrons. The van der Waals surface area contributed by atoms with Crippen molar-refractivity contribution in [2.75, 3.05) is 0 Å². The van der Waals surface area contributed by atoms with E-state index < -0.39 is 0 Å². The van der Waals surface area contributed by atoms with E-state index >= 15 is 0 Å². The average Bonchev–Trinajstić information content (AvgIpc) is 3.39. The van der Waals surface area contributed by atoms with Crippen LogP contribution in [0.1, 0.15) is 52.7 Å². The smallest absolute Gasteiger partial charge is 0.0705 e. The molecular formula is C32H32BrNS. The Kier molecular flexibility index (Phi) is 6.05. The van der Waals surface area contributed by atoms with Crippen LogP contribution in [0.3, 0.4) is 0 Å². The van der Waals surface area contributed by atoms with Crippen molar-refractivity contribution in [1.82, 2.24) is 4.57 Å². The van der Waals surface area contributed by atoms with Crippen LogP contribution in [0.25, 0.3) is 38.3 Å². The first-order chi connectivity index (χ1) is 16.5. The molecule has 0 atom stereocenters. The summed E-state index contributed by atoms with van der Waals surface area (Å²) >= 11 is 5.49. The molecule has 0 saturated carbocycles. The number of halogens is 1. The van der Waals surface area contributed by atoms with Crippen LogP contribution in [0.15, 0.2) is 88.7 Å². The van der Waals surface area contributed by atoms with Crippen LogP contribution in [-0.2, 0) is 10.8 Å². The van der Waals surface area contributed by atoms with Gasteiger partial charge in [-0.15, -0.1) is 11.3 Å². The Morgan fingerprint density at radius 1 is 0.686 bits per heavy atom. The van der Waals surface area contributed by atoms with E-state index in [1.807, 2.05) is 0 Å². The summed E-state index contributed by atoms with van der Waals surface area (Å²) in [6.07, 6.45) is 0. The zero-order valence-corrected chi connectivity index (χ0v) is 23.7. The summed E-state index contributed by atoms with van der Waals surface area (Å²) in [5.41, 5.74) is 9.03. The number of para-hydroxylation sites is 1. The summed E-state index contributed by atoms with van der Waals surface area (Å²) in [7, 11) is 0. The summed E-state index contributed by atoms with van der Waals surface area (Å²) in [5, 5.41) is 1.28. The third-order valence-corrected chi connectivity index (χ3v) is 8.29. The highest BCUT2D eigenvalue weighted by Gasteiger charge is 2.25. The van der Waals surface area contributed by atoms with Crippen LogP contribution in [0, 0.1) is 0 Å². The first-order valence-corrected chi connectivity index (χ1v) is 13.8. The largest absolute Gasteiger partial charge is 0.309 e. The van der Waals surface area contributed by atoms with E-state index in [2.05, 4.69) is 147 Å². The molecule has 3 heteroatoms. The van der Waals surface area contributed by atoms with Crippen molar-refractivity contribution in [3.05, 3.63) is 99.8 Å². The van der Waals surface area contributed by atoms with Crippen molar-refractivity contribution >= 4 is 38.2 Å². The topological polar surface area (TPSA) is 4.93 Å². The zero-order chi connectivity index (χ0) is 25.0. The molecule has 3 aromatic carbocycles. The second kappa shape index (κ2) is 8.80. The molecule has 2 aromatic heterocycles. The van der Waals surface area contributed by atoms with Gasteiger partial charge in [-0.05, 0) is 73.8 Å². The van der Waals surface area contributed by atoms with Crippen molar-refractivity contribution in [2.45, 2.75) is 52.4 Å². The molecule has 0 fully saturated rings. The Hall–Kier alpha value is -2.62. The fourth-order valence-corrected chi connectivity index (χ4v) is 6.13. The zero-order valence-electron chi connectivity index (χ0n) is 21.3. The lowest BCUT2D eigenvalue weighted by Crippen LogP contribution is -2.17. The maximum atomic E-state index is 3.70. The summed E-state index contributed by atoms with van der Waals surface area (Å²) in [5.74, 6) is 0. The van der Waals surface area contributed by atoms with E-state index in [1.165, 1.54) is 49.4 Å². The van der Waals surface area contributed by atoms with Crippen LogP contribution < -0.4 is 0 Å². The number of nitrogens with zero attached hydrogens (tertiary/aromatic N) is 1. The summed E-state index contributed by atoms with van der Waals surface area (Å²) in [4.78, 5) is 1.27. The molecule has 35 heavy (non-hydrogen) atoms. The molecule has 0 aliphatic rings. The van der Waals surface area contributed by atoms with Crippen molar-refractivity contribution in [3.8, 4) is 27.4 Å². The van der Waals surface area contributed by atoms with Crippen LogP contribution in [0.4, 0.5) is 0 Å². The number of hydrogen-bond donors (Lipinski definition) is 0. The number of benzene rings is 3.